The number of rotatable bonds is 15. The smallest absolute Gasteiger partial charge is 0.303 e. The SMILES string of the molecule is COCCCCCCC=C[C@@H]1[C@@H](OC)CCC1(O)CC=CCCCC(=O)O. The molecule has 3 atom stereocenters. The molecule has 2 N–H and O–H groups in total. The normalized spacial score (nSPS) is 25.7. The number of hydrogen-bond acceptors (Lipinski definition) is 4. The van der Waals surface area contributed by atoms with Gasteiger partial charge in [0.1, 0.15) is 0 Å². The van der Waals surface area contributed by atoms with Crippen molar-refractivity contribution in [2.75, 3.05) is 20.8 Å². The molecule has 0 amide bonds. The fraction of sp³-hybridized carbons (Fsp3) is 0.773. The van der Waals surface area contributed by atoms with Gasteiger partial charge in [-0.15, -0.1) is 0 Å². The first kappa shape index (κ1) is 23.9. The van der Waals surface area contributed by atoms with Crippen molar-refractivity contribution < 1.29 is 24.5 Å². The number of aliphatic hydroxyl groups is 1. The van der Waals surface area contributed by atoms with Gasteiger partial charge in [-0.1, -0.05) is 37.1 Å². The molecular formula is C22H38O5. The highest BCUT2D eigenvalue weighted by Gasteiger charge is 2.45. The summed E-state index contributed by atoms with van der Waals surface area (Å²) in [4.78, 5) is 10.5. The van der Waals surface area contributed by atoms with Crippen LogP contribution in [-0.4, -0.2) is 48.7 Å². The molecule has 0 aromatic carbocycles. The second-order valence-corrected chi connectivity index (χ2v) is 7.53. The molecular weight excluding hydrogens is 344 g/mol. The molecule has 0 heterocycles. The summed E-state index contributed by atoms with van der Waals surface area (Å²) < 4.78 is 10.7. The number of carboxylic acid groups (broad SMARTS) is 1. The summed E-state index contributed by atoms with van der Waals surface area (Å²) in [6.07, 6.45) is 17.9. The van der Waals surface area contributed by atoms with Crippen LogP contribution in [0.5, 0.6) is 0 Å². The van der Waals surface area contributed by atoms with Gasteiger partial charge < -0.3 is 19.7 Å². The van der Waals surface area contributed by atoms with Crippen LogP contribution < -0.4 is 0 Å². The van der Waals surface area contributed by atoms with Crippen LogP contribution in [0, 0.1) is 5.92 Å². The zero-order chi connectivity index (χ0) is 20.0. The summed E-state index contributed by atoms with van der Waals surface area (Å²) in [5.41, 5.74) is -0.765. The minimum absolute atomic E-state index is 0.0136. The van der Waals surface area contributed by atoms with E-state index in [0.29, 0.717) is 12.8 Å². The van der Waals surface area contributed by atoms with Gasteiger partial charge in [0.25, 0.3) is 0 Å². The average Bonchev–Trinajstić information content (AvgIpc) is 2.96. The predicted molar refractivity (Wildman–Crippen MR) is 108 cm³/mol. The first-order valence-corrected chi connectivity index (χ1v) is 10.3. The van der Waals surface area contributed by atoms with E-state index in [9.17, 15) is 9.90 Å². The highest BCUT2D eigenvalue weighted by molar-refractivity contribution is 5.66. The third kappa shape index (κ3) is 9.54. The molecule has 27 heavy (non-hydrogen) atoms. The maximum absolute atomic E-state index is 11.1. The van der Waals surface area contributed by atoms with Gasteiger partial charge in [-0.3, -0.25) is 4.79 Å². The van der Waals surface area contributed by atoms with Crippen molar-refractivity contribution in [3.05, 3.63) is 24.3 Å². The van der Waals surface area contributed by atoms with E-state index in [4.69, 9.17) is 14.6 Å². The molecule has 5 heteroatoms. The van der Waals surface area contributed by atoms with Crippen LogP contribution in [0.4, 0.5) is 0 Å². The second kappa shape index (κ2) is 13.9. The van der Waals surface area contributed by atoms with Gasteiger partial charge in [-0.2, -0.15) is 0 Å². The van der Waals surface area contributed by atoms with E-state index in [2.05, 4.69) is 12.2 Å². The van der Waals surface area contributed by atoms with Crippen molar-refractivity contribution in [2.24, 2.45) is 5.92 Å². The molecule has 1 fully saturated rings. The number of aliphatic carboxylic acids is 1. The van der Waals surface area contributed by atoms with Crippen molar-refractivity contribution >= 4 is 5.97 Å². The number of ether oxygens (including phenoxy) is 2. The van der Waals surface area contributed by atoms with Gasteiger partial charge in [0.15, 0.2) is 0 Å². The standard InChI is InChI=1S/C22H38O5/c1-26-18-12-8-4-3-5-9-13-19-20(27-2)15-17-22(19,25)16-11-7-6-10-14-21(23)24/h7,9,11,13,19-20,25H,3-6,8,10,12,14-18H2,1-2H3,(H,23,24)/t19-,20+,22?/m1/s1. The number of unbranched alkanes of at least 4 members (excludes halogenated alkanes) is 5. The Labute approximate surface area is 164 Å². The molecule has 1 aliphatic rings. The summed E-state index contributed by atoms with van der Waals surface area (Å²) in [5, 5.41) is 19.8. The van der Waals surface area contributed by atoms with Crippen LogP contribution in [0.25, 0.3) is 0 Å². The van der Waals surface area contributed by atoms with E-state index < -0.39 is 11.6 Å². The maximum Gasteiger partial charge on any atom is 0.303 e. The molecule has 0 aromatic heterocycles. The molecule has 156 valence electrons. The molecule has 5 nitrogen and oxygen atoms in total. The monoisotopic (exact) mass is 382 g/mol. The largest absolute Gasteiger partial charge is 0.481 e. The molecule has 1 unspecified atom stereocenters. The van der Waals surface area contributed by atoms with E-state index in [1.54, 1.807) is 14.2 Å². The minimum Gasteiger partial charge on any atom is -0.481 e. The predicted octanol–water partition coefficient (Wildman–Crippen LogP) is 4.50. The fourth-order valence-corrected chi connectivity index (χ4v) is 3.77. The third-order valence-electron chi connectivity index (χ3n) is 5.40. The zero-order valence-electron chi connectivity index (χ0n) is 17.1. The van der Waals surface area contributed by atoms with Gasteiger partial charge in [0.05, 0.1) is 11.7 Å². The highest BCUT2D eigenvalue weighted by atomic mass is 16.5. The van der Waals surface area contributed by atoms with Gasteiger partial charge in [-0.25, -0.2) is 0 Å². The summed E-state index contributed by atoms with van der Waals surface area (Å²) in [6.45, 7) is 0.838. The lowest BCUT2D eigenvalue weighted by molar-refractivity contribution is -0.137. The molecule has 0 bridgehead atoms. The Kier molecular flexibility index (Phi) is 12.3. The molecule has 0 aliphatic heterocycles. The van der Waals surface area contributed by atoms with E-state index in [1.165, 1.54) is 12.8 Å². The molecule has 0 aromatic rings. The van der Waals surface area contributed by atoms with Crippen molar-refractivity contribution in [3.8, 4) is 0 Å². The molecule has 1 aliphatic carbocycles. The number of carboxylic acids is 1. The molecule has 0 spiro atoms. The van der Waals surface area contributed by atoms with Crippen molar-refractivity contribution in [2.45, 2.75) is 82.3 Å². The van der Waals surface area contributed by atoms with E-state index in [-0.39, 0.29) is 18.4 Å². The molecule has 0 saturated heterocycles. The minimum atomic E-state index is -0.765. The summed E-state index contributed by atoms with van der Waals surface area (Å²) in [5.74, 6) is -0.746. The number of hydrogen-bond donors (Lipinski definition) is 2. The van der Waals surface area contributed by atoms with Gasteiger partial charge in [0.2, 0.25) is 0 Å². The van der Waals surface area contributed by atoms with Crippen molar-refractivity contribution in [3.63, 3.8) is 0 Å². The number of carbonyl (C=O) groups is 1. The van der Waals surface area contributed by atoms with Gasteiger partial charge in [0, 0.05) is 33.2 Å². The first-order chi connectivity index (χ1) is 13.0. The topological polar surface area (TPSA) is 76.0 Å². The Morgan fingerprint density at radius 2 is 1.81 bits per heavy atom. The number of methoxy groups -OCH3 is 2. The Morgan fingerprint density at radius 1 is 1.07 bits per heavy atom. The van der Waals surface area contributed by atoms with Crippen LogP contribution >= 0.6 is 0 Å². The molecule has 1 rings (SSSR count). The molecule has 1 saturated carbocycles. The van der Waals surface area contributed by atoms with Gasteiger partial charge in [-0.05, 0) is 51.4 Å². The number of allylic oxidation sites excluding steroid dienone is 2. The summed E-state index contributed by atoms with van der Waals surface area (Å²) in [7, 11) is 3.46. The van der Waals surface area contributed by atoms with E-state index >= 15 is 0 Å². The first-order valence-electron chi connectivity index (χ1n) is 10.3. The lowest BCUT2D eigenvalue weighted by atomic mass is 9.86. The van der Waals surface area contributed by atoms with Crippen LogP contribution in [-0.2, 0) is 14.3 Å². The fourth-order valence-electron chi connectivity index (χ4n) is 3.77. The lowest BCUT2D eigenvalue weighted by Crippen LogP contribution is -2.35. The summed E-state index contributed by atoms with van der Waals surface area (Å²) >= 11 is 0. The van der Waals surface area contributed by atoms with E-state index in [1.807, 2.05) is 12.2 Å². The lowest BCUT2D eigenvalue weighted by Gasteiger charge is -2.29. The third-order valence-corrected chi connectivity index (χ3v) is 5.40. The Bertz CT molecular complexity index is 460. The summed E-state index contributed by atoms with van der Waals surface area (Å²) in [6, 6.07) is 0. The van der Waals surface area contributed by atoms with Crippen LogP contribution in [0.2, 0.25) is 0 Å². The Balaban J connectivity index is 2.41. The highest BCUT2D eigenvalue weighted by Crippen LogP contribution is 2.41. The van der Waals surface area contributed by atoms with Crippen molar-refractivity contribution in [1.29, 1.82) is 0 Å². The zero-order valence-corrected chi connectivity index (χ0v) is 17.1. The Hall–Kier alpha value is -1.17. The molecule has 0 radical (unpaired) electrons. The van der Waals surface area contributed by atoms with E-state index in [0.717, 1.165) is 45.1 Å². The van der Waals surface area contributed by atoms with Crippen LogP contribution in [0.15, 0.2) is 24.3 Å². The average molecular weight is 383 g/mol. The Morgan fingerprint density at radius 3 is 2.52 bits per heavy atom. The van der Waals surface area contributed by atoms with Crippen molar-refractivity contribution in [1.82, 2.24) is 0 Å². The van der Waals surface area contributed by atoms with Gasteiger partial charge >= 0.3 is 5.97 Å². The maximum atomic E-state index is 11.1. The quantitative estimate of drug-likeness (QED) is 0.322. The second-order valence-electron chi connectivity index (χ2n) is 7.53. The van der Waals surface area contributed by atoms with Crippen LogP contribution in [0.3, 0.4) is 0 Å². The van der Waals surface area contributed by atoms with Crippen LogP contribution in [0.1, 0.15) is 70.6 Å².